The Morgan fingerprint density at radius 3 is 2.59 bits per heavy atom. The Balaban J connectivity index is 0.00000176. The largest absolute Gasteiger partial charge is 0.352 e. The molecule has 118 valence electrons. The van der Waals surface area contributed by atoms with Crippen LogP contribution in [0.25, 0.3) is 5.69 Å². The fourth-order valence-corrected chi connectivity index (χ4v) is 2.55. The van der Waals surface area contributed by atoms with Crippen molar-refractivity contribution in [2.24, 2.45) is 5.92 Å². The highest BCUT2D eigenvalue weighted by atomic mass is 35.5. The van der Waals surface area contributed by atoms with Gasteiger partial charge in [-0.1, -0.05) is 18.2 Å². The second-order valence-electron chi connectivity index (χ2n) is 5.47. The van der Waals surface area contributed by atoms with Gasteiger partial charge < -0.3 is 10.6 Å². The monoisotopic (exact) mass is 320 g/mol. The molecule has 1 aromatic carbocycles. The number of amides is 1. The third-order valence-corrected chi connectivity index (χ3v) is 4.03. The maximum absolute atomic E-state index is 11.9. The summed E-state index contributed by atoms with van der Waals surface area (Å²) in [5.41, 5.74) is 4.17. The highest BCUT2D eigenvalue weighted by molar-refractivity contribution is 5.85. The van der Waals surface area contributed by atoms with Crippen LogP contribution in [0.4, 0.5) is 0 Å². The molecule has 1 fully saturated rings. The van der Waals surface area contributed by atoms with Crippen LogP contribution < -0.4 is 10.6 Å². The molecule has 2 aromatic rings. The van der Waals surface area contributed by atoms with E-state index in [0.29, 0.717) is 6.54 Å². The number of halogens is 1. The summed E-state index contributed by atoms with van der Waals surface area (Å²) in [4.78, 5) is 11.9. The van der Waals surface area contributed by atoms with Gasteiger partial charge in [-0.15, -0.1) is 12.4 Å². The van der Waals surface area contributed by atoms with Crippen LogP contribution in [-0.2, 0) is 11.3 Å². The molecule has 1 saturated heterocycles. The Morgan fingerprint density at radius 1 is 1.32 bits per heavy atom. The molecule has 1 aliphatic rings. The average molecular weight is 321 g/mol. The van der Waals surface area contributed by atoms with Crippen LogP contribution in [0, 0.1) is 19.8 Å². The van der Waals surface area contributed by atoms with E-state index in [-0.39, 0.29) is 24.2 Å². The molecule has 3 rings (SSSR count). The van der Waals surface area contributed by atoms with Crippen molar-refractivity contribution in [3.05, 3.63) is 47.3 Å². The van der Waals surface area contributed by atoms with Gasteiger partial charge in [-0.3, -0.25) is 4.79 Å². The molecule has 0 spiro atoms. The van der Waals surface area contributed by atoms with Crippen LogP contribution in [0.15, 0.2) is 30.3 Å². The van der Waals surface area contributed by atoms with Crippen molar-refractivity contribution in [1.29, 1.82) is 0 Å². The molecule has 0 atom stereocenters. The van der Waals surface area contributed by atoms with Crippen molar-refractivity contribution >= 4 is 18.3 Å². The molecule has 0 saturated carbocycles. The molecule has 22 heavy (non-hydrogen) atoms. The third kappa shape index (κ3) is 3.15. The number of nitrogens with one attached hydrogen (secondary N) is 2. The zero-order valence-corrected chi connectivity index (χ0v) is 13.6. The predicted molar refractivity (Wildman–Crippen MR) is 88.5 cm³/mol. The number of hydrogen-bond acceptors (Lipinski definition) is 3. The zero-order valence-electron chi connectivity index (χ0n) is 12.8. The molecule has 0 unspecified atom stereocenters. The van der Waals surface area contributed by atoms with Gasteiger partial charge in [-0.2, -0.15) is 5.10 Å². The van der Waals surface area contributed by atoms with Crippen molar-refractivity contribution in [3.63, 3.8) is 0 Å². The van der Waals surface area contributed by atoms with Gasteiger partial charge in [0.05, 0.1) is 17.3 Å². The number of para-hydroxylation sites is 1. The maximum Gasteiger partial charge on any atom is 0.225 e. The number of aryl methyl sites for hydroxylation is 1. The van der Waals surface area contributed by atoms with Crippen molar-refractivity contribution in [1.82, 2.24) is 20.4 Å². The number of carbonyl (C=O) groups is 1. The van der Waals surface area contributed by atoms with Gasteiger partial charge in [0.1, 0.15) is 0 Å². The number of rotatable bonds is 4. The molecule has 1 aromatic heterocycles. The molecule has 0 aliphatic carbocycles. The van der Waals surface area contributed by atoms with Gasteiger partial charge in [-0.25, -0.2) is 4.68 Å². The van der Waals surface area contributed by atoms with Crippen molar-refractivity contribution < 1.29 is 4.79 Å². The first-order chi connectivity index (χ1) is 10.2. The van der Waals surface area contributed by atoms with Gasteiger partial charge in [-0.05, 0) is 26.0 Å². The lowest BCUT2D eigenvalue weighted by Crippen LogP contribution is -2.50. The lowest BCUT2D eigenvalue weighted by molar-refractivity contribution is -0.126. The van der Waals surface area contributed by atoms with E-state index in [1.165, 1.54) is 0 Å². The molecule has 5 nitrogen and oxygen atoms in total. The van der Waals surface area contributed by atoms with Crippen LogP contribution in [0.3, 0.4) is 0 Å². The number of carbonyl (C=O) groups excluding carboxylic acids is 1. The number of hydrogen-bond donors (Lipinski definition) is 2. The van der Waals surface area contributed by atoms with Crippen LogP contribution in [0.2, 0.25) is 0 Å². The van der Waals surface area contributed by atoms with Gasteiger partial charge >= 0.3 is 0 Å². The van der Waals surface area contributed by atoms with E-state index in [2.05, 4.69) is 15.7 Å². The summed E-state index contributed by atoms with van der Waals surface area (Å²) in [6, 6.07) is 10.0. The second-order valence-corrected chi connectivity index (χ2v) is 5.47. The number of aromatic nitrogens is 2. The molecular weight excluding hydrogens is 300 g/mol. The van der Waals surface area contributed by atoms with Crippen molar-refractivity contribution in [3.8, 4) is 5.69 Å². The summed E-state index contributed by atoms with van der Waals surface area (Å²) < 4.78 is 1.93. The summed E-state index contributed by atoms with van der Waals surface area (Å²) >= 11 is 0. The van der Waals surface area contributed by atoms with Gasteiger partial charge in [0.15, 0.2) is 0 Å². The van der Waals surface area contributed by atoms with Gasteiger partial charge in [0.25, 0.3) is 0 Å². The van der Waals surface area contributed by atoms with E-state index in [4.69, 9.17) is 0 Å². The number of nitrogens with zero attached hydrogens (tertiary/aromatic N) is 2. The third-order valence-electron chi connectivity index (χ3n) is 4.03. The van der Waals surface area contributed by atoms with Crippen molar-refractivity contribution in [2.75, 3.05) is 13.1 Å². The SMILES string of the molecule is Cc1nn(-c2ccccc2)c(C)c1CNC(=O)C1CNC1.Cl. The minimum Gasteiger partial charge on any atom is -0.352 e. The quantitative estimate of drug-likeness (QED) is 0.902. The molecule has 0 radical (unpaired) electrons. The minimum atomic E-state index is 0. The van der Waals surface area contributed by atoms with Gasteiger partial charge in [0, 0.05) is 30.9 Å². The van der Waals surface area contributed by atoms with Gasteiger partial charge in [0.2, 0.25) is 5.91 Å². The highest BCUT2D eigenvalue weighted by Gasteiger charge is 2.25. The first-order valence-electron chi connectivity index (χ1n) is 7.26. The first-order valence-corrected chi connectivity index (χ1v) is 7.26. The maximum atomic E-state index is 11.9. The second kappa shape index (κ2) is 6.94. The summed E-state index contributed by atoms with van der Waals surface area (Å²) in [6.07, 6.45) is 0. The fourth-order valence-electron chi connectivity index (χ4n) is 2.55. The summed E-state index contributed by atoms with van der Waals surface area (Å²) in [6.45, 7) is 6.14. The Morgan fingerprint density at radius 2 is 2.00 bits per heavy atom. The Labute approximate surface area is 136 Å². The van der Waals surface area contributed by atoms with E-state index in [9.17, 15) is 4.79 Å². The van der Waals surface area contributed by atoms with E-state index in [1.807, 2.05) is 48.9 Å². The summed E-state index contributed by atoms with van der Waals surface area (Å²) in [5, 5.41) is 10.7. The van der Waals surface area contributed by atoms with Crippen LogP contribution >= 0.6 is 12.4 Å². The fraction of sp³-hybridized carbons (Fsp3) is 0.375. The summed E-state index contributed by atoms with van der Waals surface area (Å²) in [7, 11) is 0. The van der Waals surface area contributed by atoms with Crippen LogP contribution in [0.1, 0.15) is 17.0 Å². The molecule has 2 heterocycles. The average Bonchev–Trinajstić information content (AvgIpc) is 2.71. The Bertz CT molecular complexity index is 650. The molecule has 1 aliphatic heterocycles. The smallest absolute Gasteiger partial charge is 0.225 e. The lowest BCUT2D eigenvalue weighted by atomic mass is 10.0. The zero-order chi connectivity index (χ0) is 14.8. The van der Waals surface area contributed by atoms with E-state index >= 15 is 0 Å². The Kier molecular flexibility index (Phi) is 5.21. The molecule has 2 N–H and O–H groups in total. The summed E-state index contributed by atoms with van der Waals surface area (Å²) in [5.74, 6) is 0.245. The van der Waals surface area contributed by atoms with Crippen molar-refractivity contribution in [2.45, 2.75) is 20.4 Å². The molecule has 0 bridgehead atoms. The topological polar surface area (TPSA) is 59.0 Å². The predicted octanol–water partition coefficient (Wildman–Crippen LogP) is 1.75. The molecule has 6 heteroatoms. The standard InChI is InChI=1S/C16H20N4O.ClH/c1-11-15(10-18-16(21)13-8-17-9-13)12(2)20(19-11)14-6-4-3-5-7-14;/h3-7,13,17H,8-10H2,1-2H3,(H,18,21);1H. The highest BCUT2D eigenvalue weighted by Crippen LogP contribution is 2.17. The first kappa shape index (κ1) is 16.5. The van der Waals surface area contributed by atoms with Crippen LogP contribution in [-0.4, -0.2) is 28.8 Å². The number of benzene rings is 1. The normalized spacial score (nSPS) is 14.1. The molecular formula is C16H21ClN4O. The lowest BCUT2D eigenvalue weighted by Gasteiger charge is -2.25. The van der Waals surface area contributed by atoms with Crippen LogP contribution in [0.5, 0.6) is 0 Å². The van der Waals surface area contributed by atoms with E-state index < -0.39 is 0 Å². The van der Waals surface area contributed by atoms with E-state index in [1.54, 1.807) is 0 Å². The molecule has 1 amide bonds. The Hall–Kier alpha value is -1.85. The van der Waals surface area contributed by atoms with E-state index in [0.717, 1.165) is 35.7 Å². The minimum absolute atomic E-state index is 0.